The van der Waals surface area contributed by atoms with Gasteiger partial charge in [-0.15, -0.1) is 0 Å². The maximum atomic E-state index is 8.79. The molecule has 0 unspecified atom stereocenters. The summed E-state index contributed by atoms with van der Waals surface area (Å²) in [5.41, 5.74) is 0. The molecule has 0 aliphatic carbocycles. The minimum absolute atomic E-state index is 0.114. The molecule has 1 heterocycles. The van der Waals surface area contributed by atoms with Gasteiger partial charge in [0.05, 0.1) is 0 Å². The second-order valence-corrected chi connectivity index (χ2v) is 3.29. The Balaban J connectivity index is 2.56. The Bertz CT molecular complexity index is 263. The molecule has 0 bridgehead atoms. The van der Waals surface area contributed by atoms with Crippen molar-refractivity contribution in [3.8, 4) is 0 Å². The fourth-order valence-electron chi connectivity index (χ4n) is 0.882. The smallest absolute Gasteiger partial charge is 0.156 e. The van der Waals surface area contributed by atoms with Gasteiger partial charge in [0.1, 0.15) is 12.4 Å². The highest BCUT2D eigenvalue weighted by molar-refractivity contribution is 5.32. The van der Waals surface area contributed by atoms with E-state index in [0.29, 0.717) is 11.7 Å². The quantitative estimate of drug-likeness (QED) is 0.728. The molecule has 1 aromatic heterocycles. The average Bonchev–Trinajstić information content (AvgIpc) is 2.15. The summed E-state index contributed by atoms with van der Waals surface area (Å²) >= 11 is 0. The summed E-state index contributed by atoms with van der Waals surface area (Å²) in [5.74, 6) is 1.80. The van der Waals surface area contributed by atoms with Gasteiger partial charge in [0, 0.05) is 12.7 Å². The lowest BCUT2D eigenvalue weighted by Crippen LogP contribution is -2.10. The topological polar surface area (TPSA) is 58.0 Å². The van der Waals surface area contributed by atoms with Gasteiger partial charge in [-0.2, -0.15) is 0 Å². The molecule has 0 aliphatic rings. The van der Waals surface area contributed by atoms with Crippen LogP contribution in [0, 0.1) is 5.92 Å². The van der Waals surface area contributed by atoms with Crippen LogP contribution < -0.4 is 5.32 Å². The van der Waals surface area contributed by atoms with E-state index in [-0.39, 0.29) is 6.61 Å². The molecule has 0 spiro atoms. The first-order valence-corrected chi connectivity index (χ1v) is 4.39. The maximum absolute atomic E-state index is 8.79. The third-order valence-electron chi connectivity index (χ3n) is 1.54. The molecule has 0 aromatic carbocycles. The van der Waals surface area contributed by atoms with Crippen LogP contribution >= 0.6 is 0 Å². The first-order chi connectivity index (χ1) is 6.22. The van der Waals surface area contributed by atoms with Crippen LogP contribution in [0.5, 0.6) is 0 Å². The molecule has 0 aliphatic heterocycles. The lowest BCUT2D eigenvalue weighted by Gasteiger charge is -2.07. The predicted octanol–water partition coefficient (Wildman–Crippen LogP) is 1.04. The lowest BCUT2D eigenvalue weighted by molar-refractivity contribution is 0.271. The van der Waals surface area contributed by atoms with E-state index in [0.717, 1.165) is 12.4 Å². The molecule has 0 saturated heterocycles. The van der Waals surface area contributed by atoms with E-state index in [1.54, 1.807) is 12.3 Å². The second-order valence-electron chi connectivity index (χ2n) is 3.29. The molecule has 0 amide bonds. The molecule has 13 heavy (non-hydrogen) atoms. The highest BCUT2D eigenvalue weighted by Crippen LogP contribution is 2.03. The monoisotopic (exact) mass is 181 g/mol. The van der Waals surface area contributed by atoms with Crippen LogP contribution in [0.25, 0.3) is 0 Å². The molecule has 0 atom stereocenters. The molecule has 0 saturated carbocycles. The van der Waals surface area contributed by atoms with Gasteiger partial charge >= 0.3 is 0 Å². The highest BCUT2D eigenvalue weighted by Gasteiger charge is 1.98. The van der Waals surface area contributed by atoms with E-state index in [2.05, 4.69) is 29.1 Å². The van der Waals surface area contributed by atoms with Crippen molar-refractivity contribution in [3.63, 3.8) is 0 Å². The Kier molecular flexibility index (Phi) is 3.64. The Morgan fingerprint density at radius 1 is 1.54 bits per heavy atom. The predicted molar refractivity (Wildman–Crippen MR) is 51.3 cm³/mol. The van der Waals surface area contributed by atoms with Gasteiger partial charge in [-0.25, -0.2) is 9.97 Å². The van der Waals surface area contributed by atoms with Crippen LogP contribution in [0.4, 0.5) is 5.82 Å². The van der Waals surface area contributed by atoms with Crippen LogP contribution in [-0.4, -0.2) is 21.6 Å². The van der Waals surface area contributed by atoms with Gasteiger partial charge in [-0.1, -0.05) is 13.8 Å². The molecule has 2 N–H and O–H groups in total. The molecular formula is C9H15N3O. The zero-order valence-corrected chi connectivity index (χ0v) is 7.99. The minimum atomic E-state index is -0.114. The van der Waals surface area contributed by atoms with Crippen molar-refractivity contribution in [2.45, 2.75) is 20.5 Å². The van der Waals surface area contributed by atoms with Crippen LogP contribution in [0.2, 0.25) is 0 Å². The van der Waals surface area contributed by atoms with E-state index < -0.39 is 0 Å². The molecule has 4 heteroatoms. The summed E-state index contributed by atoms with van der Waals surface area (Å²) in [6, 6.07) is 1.79. The van der Waals surface area contributed by atoms with Crippen LogP contribution in [0.15, 0.2) is 12.3 Å². The van der Waals surface area contributed by atoms with Crippen molar-refractivity contribution in [1.82, 2.24) is 9.97 Å². The third kappa shape index (κ3) is 3.38. The summed E-state index contributed by atoms with van der Waals surface area (Å²) in [7, 11) is 0. The van der Waals surface area contributed by atoms with E-state index in [1.165, 1.54) is 0 Å². The number of aliphatic hydroxyl groups excluding tert-OH is 1. The fraction of sp³-hybridized carbons (Fsp3) is 0.556. The third-order valence-corrected chi connectivity index (χ3v) is 1.54. The SMILES string of the molecule is CC(C)CNc1ccnc(CO)n1. The zero-order chi connectivity index (χ0) is 9.68. The van der Waals surface area contributed by atoms with E-state index in [4.69, 9.17) is 5.11 Å². The fourth-order valence-corrected chi connectivity index (χ4v) is 0.882. The lowest BCUT2D eigenvalue weighted by atomic mass is 10.2. The minimum Gasteiger partial charge on any atom is -0.388 e. The van der Waals surface area contributed by atoms with E-state index >= 15 is 0 Å². The molecule has 72 valence electrons. The standard InChI is InChI=1S/C9H15N3O/c1-7(2)5-11-8-3-4-10-9(6-13)12-8/h3-4,7,13H,5-6H2,1-2H3,(H,10,11,12). The molecular weight excluding hydrogens is 166 g/mol. The Labute approximate surface area is 78.0 Å². The van der Waals surface area contributed by atoms with E-state index in [9.17, 15) is 0 Å². The van der Waals surface area contributed by atoms with Gasteiger partial charge < -0.3 is 10.4 Å². The first kappa shape index (κ1) is 9.92. The van der Waals surface area contributed by atoms with Gasteiger partial charge in [0.15, 0.2) is 5.82 Å². The van der Waals surface area contributed by atoms with Crippen molar-refractivity contribution in [3.05, 3.63) is 18.1 Å². The summed E-state index contributed by atoms with van der Waals surface area (Å²) in [6.07, 6.45) is 1.64. The Morgan fingerprint density at radius 3 is 2.92 bits per heavy atom. The molecule has 0 radical (unpaired) electrons. The normalized spacial score (nSPS) is 10.5. The summed E-state index contributed by atoms with van der Waals surface area (Å²) < 4.78 is 0. The van der Waals surface area contributed by atoms with Gasteiger partial charge in [-0.3, -0.25) is 0 Å². The Hall–Kier alpha value is -1.16. The van der Waals surface area contributed by atoms with Gasteiger partial charge in [0.2, 0.25) is 0 Å². The number of nitrogens with zero attached hydrogens (tertiary/aromatic N) is 2. The first-order valence-electron chi connectivity index (χ1n) is 4.39. The average molecular weight is 181 g/mol. The molecule has 4 nitrogen and oxygen atoms in total. The molecule has 1 rings (SSSR count). The van der Waals surface area contributed by atoms with Gasteiger partial charge in [-0.05, 0) is 12.0 Å². The van der Waals surface area contributed by atoms with E-state index in [1.807, 2.05) is 0 Å². The van der Waals surface area contributed by atoms with Crippen molar-refractivity contribution in [1.29, 1.82) is 0 Å². The van der Waals surface area contributed by atoms with Crippen molar-refractivity contribution >= 4 is 5.82 Å². The molecule has 0 fully saturated rings. The number of hydrogen-bond donors (Lipinski definition) is 2. The van der Waals surface area contributed by atoms with Crippen LogP contribution in [-0.2, 0) is 6.61 Å². The van der Waals surface area contributed by atoms with Gasteiger partial charge in [0.25, 0.3) is 0 Å². The summed E-state index contributed by atoms with van der Waals surface area (Å²) in [4.78, 5) is 7.97. The van der Waals surface area contributed by atoms with Crippen molar-refractivity contribution in [2.24, 2.45) is 5.92 Å². The zero-order valence-electron chi connectivity index (χ0n) is 7.99. The summed E-state index contributed by atoms with van der Waals surface area (Å²) in [6.45, 7) is 5.02. The Morgan fingerprint density at radius 2 is 2.31 bits per heavy atom. The number of aliphatic hydroxyl groups is 1. The number of anilines is 1. The summed E-state index contributed by atoms with van der Waals surface area (Å²) in [5, 5.41) is 11.9. The number of aromatic nitrogens is 2. The van der Waals surface area contributed by atoms with Crippen LogP contribution in [0.1, 0.15) is 19.7 Å². The maximum Gasteiger partial charge on any atom is 0.156 e. The second kappa shape index (κ2) is 4.77. The number of hydrogen-bond acceptors (Lipinski definition) is 4. The highest BCUT2D eigenvalue weighted by atomic mass is 16.3. The number of nitrogens with one attached hydrogen (secondary N) is 1. The number of rotatable bonds is 4. The largest absolute Gasteiger partial charge is 0.388 e. The van der Waals surface area contributed by atoms with Crippen LogP contribution in [0.3, 0.4) is 0 Å². The van der Waals surface area contributed by atoms with Crippen molar-refractivity contribution < 1.29 is 5.11 Å². The molecule has 1 aromatic rings. The van der Waals surface area contributed by atoms with Crippen molar-refractivity contribution in [2.75, 3.05) is 11.9 Å².